The lowest BCUT2D eigenvalue weighted by atomic mass is 10.2. The van der Waals surface area contributed by atoms with Gasteiger partial charge >= 0.3 is 0 Å². The van der Waals surface area contributed by atoms with Crippen molar-refractivity contribution in [2.24, 2.45) is 0 Å². The summed E-state index contributed by atoms with van der Waals surface area (Å²) in [5, 5.41) is 3.13. The number of para-hydroxylation sites is 1. The highest BCUT2D eigenvalue weighted by molar-refractivity contribution is 6.33. The van der Waals surface area contributed by atoms with E-state index in [1.165, 1.54) is 11.0 Å². The Morgan fingerprint density at radius 3 is 2.48 bits per heavy atom. The number of methoxy groups -OCH3 is 1. The molecule has 0 spiro atoms. The summed E-state index contributed by atoms with van der Waals surface area (Å²) < 4.78 is 5.08. The number of nitrogens with one attached hydrogen (secondary N) is 1. The molecule has 25 heavy (non-hydrogen) atoms. The maximum absolute atomic E-state index is 12.1. The first kappa shape index (κ1) is 18.5. The highest BCUT2D eigenvalue weighted by atomic mass is 35.5. The zero-order chi connectivity index (χ0) is 18.2. The van der Waals surface area contributed by atoms with E-state index in [4.69, 9.17) is 16.3 Å². The summed E-state index contributed by atoms with van der Waals surface area (Å²) in [6.45, 7) is -0.0724. The summed E-state index contributed by atoms with van der Waals surface area (Å²) in [6.07, 6.45) is 3.11. The highest BCUT2D eigenvalue weighted by Gasteiger charge is 2.11. The van der Waals surface area contributed by atoms with Gasteiger partial charge in [-0.25, -0.2) is 0 Å². The lowest BCUT2D eigenvalue weighted by Crippen LogP contribution is -2.33. The van der Waals surface area contributed by atoms with Crippen molar-refractivity contribution in [1.82, 2.24) is 4.90 Å². The van der Waals surface area contributed by atoms with E-state index in [0.717, 1.165) is 11.3 Å². The fraction of sp³-hybridized carbons (Fsp3) is 0.158. The van der Waals surface area contributed by atoms with Gasteiger partial charge in [-0.1, -0.05) is 35.9 Å². The van der Waals surface area contributed by atoms with Crippen molar-refractivity contribution in [3.63, 3.8) is 0 Å². The second-order valence-electron chi connectivity index (χ2n) is 5.33. The molecule has 0 aliphatic rings. The van der Waals surface area contributed by atoms with Crippen LogP contribution in [0.15, 0.2) is 54.6 Å². The fourth-order valence-electron chi connectivity index (χ4n) is 2.06. The number of carbonyl (C=O) groups excluding carboxylic acids is 2. The zero-order valence-corrected chi connectivity index (χ0v) is 14.8. The summed E-state index contributed by atoms with van der Waals surface area (Å²) in [7, 11) is 3.16. The number of amides is 2. The molecule has 2 rings (SSSR count). The van der Waals surface area contributed by atoms with Crippen LogP contribution < -0.4 is 10.1 Å². The van der Waals surface area contributed by atoms with Gasteiger partial charge in [0.05, 0.1) is 24.4 Å². The van der Waals surface area contributed by atoms with Gasteiger partial charge in [0.2, 0.25) is 11.8 Å². The van der Waals surface area contributed by atoms with E-state index < -0.39 is 0 Å². The normalized spacial score (nSPS) is 10.5. The molecule has 130 valence electrons. The van der Waals surface area contributed by atoms with Crippen LogP contribution in [0.2, 0.25) is 5.02 Å². The number of likely N-dealkylation sites (N-methyl/N-ethyl adjacent to an activating group) is 1. The predicted molar refractivity (Wildman–Crippen MR) is 99.7 cm³/mol. The third-order valence-electron chi connectivity index (χ3n) is 3.44. The second-order valence-corrected chi connectivity index (χ2v) is 5.74. The van der Waals surface area contributed by atoms with Crippen molar-refractivity contribution in [3.05, 3.63) is 65.2 Å². The first-order chi connectivity index (χ1) is 12.0. The van der Waals surface area contributed by atoms with Crippen LogP contribution in [0.5, 0.6) is 5.75 Å². The Bertz CT molecular complexity index is 772. The summed E-state index contributed by atoms with van der Waals surface area (Å²) in [5.74, 6) is 0.156. The summed E-state index contributed by atoms with van der Waals surface area (Å²) in [6, 6.07) is 14.2. The smallest absolute Gasteiger partial charge is 0.246 e. The first-order valence-electron chi connectivity index (χ1n) is 7.61. The zero-order valence-electron chi connectivity index (χ0n) is 14.0. The molecule has 0 aliphatic carbocycles. The van der Waals surface area contributed by atoms with Crippen LogP contribution in [0.1, 0.15) is 5.56 Å². The number of ether oxygens (including phenoxy) is 1. The molecule has 0 radical (unpaired) electrons. The van der Waals surface area contributed by atoms with Gasteiger partial charge in [0.15, 0.2) is 0 Å². The first-order valence-corrected chi connectivity index (χ1v) is 7.99. The molecule has 0 saturated heterocycles. The molecule has 0 aliphatic heterocycles. The number of benzene rings is 2. The van der Waals surface area contributed by atoms with Crippen molar-refractivity contribution in [2.45, 2.75) is 0 Å². The van der Waals surface area contributed by atoms with Gasteiger partial charge in [0, 0.05) is 13.1 Å². The number of hydrogen-bond donors (Lipinski definition) is 1. The van der Waals surface area contributed by atoms with E-state index in [9.17, 15) is 9.59 Å². The largest absolute Gasteiger partial charge is 0.497 e. The maximum atomic E-state index is 12.1. The van der Waals surface area contributed by atoms with Crippen molar-refractivity contribution < 1.29 is 14.3 Å². The van der Waals surface area contributed by atoms with Gasteiger partial charge in [0.25, 0.3) is 0 Å². The SMILES string of the molecule is COc1ccc(/C=C/C(=O)N(C)CC(=O)Nc2ccccc2Cl)cc1. The monoisotopic (exact) mass is 358 g/mol. The number of nitrogens with zero attached hydrogens (tertiary/aromatic N) is 1. The van der Waals surface area contributed by atoms with Crippen molar-refractivity contribution in [3.8, 4) is 5.75 Å². The number of anilines is 1. The van der Waals surface area contributed by atoms with Crippen LogP contribution in [-0.2, 0) is 9.59 Å². The van der Waals surface area contributed by atoms with Crippen LogP contribution >= 0.6 is 11.6 Å². The van der Waals surface area contributed by atoms with Crippen LogP contribution in [0.25, 0.3) is 6.08 Å². The van der Waals surface area contributed by atoms with Crippen molar-refractivity contribution in [2.75, 3.05) is 26.0 Å². The minimum Gasteiger partial charge on any atom is -0.497 e. The summed E-state index contributed by atoms with van der Waals surface area (Å²) in [5.41, 5.74) is 1.38. The molecule has 1 N–H and O–H groups in total. The molecule has 0 atom stereocenters. The van der Waals surface area contributed by atoms with E-state index in [1.807, 2.05) is 24.3 Å². The Balaban J connectivity index is 1.89. The van der Waals surface area contributed by atoms with Gasteiger partial charge in [-0.3, -0.25) is 9.59 Å². The Labute approximate surface area is 151 Å². The number of hydrogen-bond acceptors (Lipinski definition) is 3. The fourth-order valence-corrected chi connectivity index (χ4v) is 2.24. The van der Waals surface area contributed by atoms with Gasteiger partial charge in [-0.05, 0) is 35.9 Å². The van der Waals surface area contributed by atoms with E-state index >= 15 is 0 Å². The average Bonchev–Trinajstić information content (AvgIpc) is 2.62. The highest BCUT2D eigenvalue weighted by Crippen LogP contribution is 2.20. The second kappa shape index (κ2) is 8.89. The van der Waals surface area contributed by atoms with Crippen LogP contribution in [0.3, 0.4) is 0 Å². The van der Waals surface area contributed by atoms with Gasteiger partial charge in [0.1, 0.15) is 5.75 Å². The Morgan fingerprint density at radius 2 is 1.84 bits per heavy atom. The molecule has 0 aromatic heterocycles. The van der Waals surface area contributed by atoms with Crippen LogP contribution in [0.4, 0.5) is 5.69 Å². The Morgan fingerprint density at radius 1 is 1.16 bits per heavy atom. The van der Waals surface area contributed by atoms with Crippen molar-refractivity contribution >= 4 is 35.2 Å². The third kappa shape index (κ3) is 5.65. The molecule has 0 fully saturated rings. The maximum Gasteiger partial charge on any atom is 0.246 e. The Kier molecular flexibility index (Phi) is 6.60. The number of halogens is 1. The van der Waals surface area contributed by atoms with Crippen molar-refractivity contribution in [1.29, 1.82) is 0 Å². The molecule has 2 amide bonds. The quantitative estimate of drug-likeness (QED) is 0.804. The molecule has 0 bridgehead atoms. The molecule has 0 heterocycles. The summed E-state index contributed by atoms with van der Waals surface area (Å²) >= 11 is 5.99. The van der Waals surface area contributed by atoms with Crippen LogP contribution in [-0.4, -0.2) is 37.4 Å². The topological polar surface area (TPSA) is 58.6 Å². The lowest BCUT2D eigenvalue weighted by molar-refractivity contribution is -0.129. The molecule has 5 nitrogen and oxygen atoms in total. The molecular formula is C19H19ClN2O3. The van der Waals surface area contributed by atoms with E-state index in [2.05, 4.69) is 5.32 Å². The molecule has 0 saturated carbocycles. The van der Waals surface area contributed by atoms with Gasteiger partial charge < -0.3 is 15.0 Å². The van der Waals surface area contributed by atoms with Gasteiger partial charge in [-0.2, -0.15) is 0 Å². The molecule has 2 aromatic rings. The minimum atomic E-state index is -0.318. The number of rotatable bonds is 6. The molecule has 6 heteroatoms. The van der Waals surface area contributed by atoms with E-state index in [1.54, 1.807) is 44.5 Å². The molecule has 0 unspecified atom stereocenters. The lowest BCUT2D eigenvalue weighted by Gasteiger charge is -2.15. The predicted octanol–water partition coefficient (Wildman–Crippen LogP) is 3.46. The van der Waals surface area contributed by atoms with Crippen LogP contribution in [0, 0.1) is 0 Å². The van der Waals surface area contributed by atoms with E-state index in [-0.39, 0.29) is 18.4 Å². The average molecular weight is 359 g/mol. The summed E-state index contributed by atoms with van der Waals surface area (Å²) in [4.78, 5) is 25.5. The standard InChI is InChI=1S/C19H19ClN2O3/c1-22(13-18(23)21-17-6-4-3-5-16(17)20)19(24)12-9-14-7-10-15(25-2)11-8-14/h3-12H,13H2,1-2H3,(H,21,23)/b12-9+. The third-order valence-corrected chi connectivity index (χ3v) is 3.77. The number of carbonyl (C=O) groups is 2. The Hall–Kier alpha value is -2.79. The minimum absolute atomic E-state index is 0.0724. The van der Waals surface area contributed by atoms with E-state index in [0.29, 0.717) is 10.7 Å². The van der Waals surface area contributed by atoms with Gasteiger partial charge in [-0.15, -0.1) is 0 Å². The molecule has 2 aromatic carbocycles. The molecular weight excluding hydrogens is 340 g/mol.